The average molecular weight is 450 g/mol. The first kappa shape index (κ1) is 22.3. The molecule has 1 aromatic carbocycles. The molecule has 0 spiro atoms. The Balaban J connectivity index is 1.73. The molecule has 0 saturated heterocycles. The second kappa shape index (κ2) is 9.65. The number of carbonyl (C=O) groups is 1. The summed E-state index contributed by atoms with van der Waals surface area (Å²) in [7, 11) is 0. The Hall–Kier alpha value is -3.34. The molecule has 160 valence electrons. The summed E-state index contributed by atoms with van der Waals surface area (Å²) in [6, 6.07) is 8.94. The molecule has 0 bridgehead atoms. The number of pyridine rings is 1. The van der Waals surface area contributed by atoms with Crippen molar-refractivity contribution in [3.05, 3.63) is 71.9 Å². The lowest BCUT2D eigenvalue weighted by Crippen LogP contribution is -2.11. The highest BCUT2D eigenvalue weighted by Gasteiger charge is 2.34. The van der Waals surface area contributed by atoms with E-state index in [1.165, 1.54) is 12.1 Å². The lowest BCUT2D eigenvalue weighted by molar-refractivity contribution is -0.141. The molecule has 0 aliphatic heterocycles. The Morgan fingerprint density at radius 2 is 1.77 bits per heavy atom. The molecule has 0 unspecified atom stereocenters. The van der Waals surface area contributed by atoms with Crippen molar-refractivity contribution in [2.75, 3.05) is 5.75 Å². The molecule has 2 heterocycles. The highest BCUT2D eigenvalue weighted by Crippen LogP contribution is 2.32. The maximum atomic E-state index is 13.2. The Morgan fingerprint density at radius 3 is 2.42 bits per heavy atom. The van der Waals surface area contributed by atoms with Crippen LogP contribution in [0.15, 0.2) is 65.2 Å². The number of oxime groups is 1. The van der Waals surface area contributed by atoms with Crippen LogP contribution in [0.3, 0.4) is 0 Å². The van der Waals surface area contributed by atoms with Gasteiger partial charge in [0.2, 0.25) is 0 Å². The van der Waals surface area contributed by atoms with E-state index in [0.29, 0.717) is 23.0 Å². The van der Waals surface area contributed by atoms with Gasteiger partial charge in [-0.2, -0.15) is 13.2 Å². The van der Waals surface area contributed by atoms with Crippen molar-refractivity contribution in [1.82, 2.24) is 15.0 Å². The fourth-order valence-corrected chi connectivity index (χ4v) is 2.94. The van der Waals surface area contributed by atoms with Crippen molar-refractivity contribution in [2.45, 2.75) is 18.3 Å². The van der Waals surface area contributed by atoms with Gasteiger partial charge < -0.3 is 4.84 Å². The van der Waals surface area contributed by atoms with Crippen molar-refractivity contribution in [1.29, 1.82) is 0 Å². The number of benzene rings is 1. The molecule has 0 aliphatic carbocycles. The molecule has 0 saturated carbocycles. The van der Waals surface area contributed by atoms with E-state index in [9.17, 15) is 22.4 Å². The third-order valence-corrected chi connectivity index (χ3v) is 4.66. The summed E-state index contributed by atoms with van der Waals surface area (Å²) >= 11 is 0.668. The number of rotatable bonds is 6. The van der Waals surface area contributed by atoms with E-state index in [2.05, 4.69) is 20.1 Å². The van der Waals surface area contributed by atoms with Gasteiger partial charge in [0.1, 0.15) is 17.3 Å². The maximum Gasteiger partial charge on any atom is 0.433 e. The van der Waals surface area contributed by atoms with Crippen LogP contribution in [0.1, 0.15) is 18.2 Å². The largest absolute Gasteiger partial charge is 0.433 e. The third-order valence-electron chi connectivity index (χ3n) is 3.84. The van der Waals surface area contributed by atoms with Crippen molar-refractivity contribution < 1.29 is 27.2 Å². The van der Waals surface area contributed by atoms with Gasteiger partial charge in [0, 0.05) is 23.5 Å². The number of halogens is 4. The highest BCUT2D eigenvalue weighted by molar-refractivity contribution is 7.99. The van der Waals surface area contributed by atoms with Crippen molar-refractivity contribution in [3.63, 3.8) is 0 Å². The van der Waals surface area contributed by atoms with Crippen LogP contribution in [0, 0.1) is 5.82 Å². The summed E-state index contributed by atoms with van der Waals surface area (Å²) in [4.78, 5) is 28.1. The molecule has 31 heavy (non-hydrogen) atoms. The Labute approximate surface area is 178 Å². The molecule has 0 fully saturated rings. The molecule has 3 aromatic rings. The van der Waals surface area contributed by atoms with Gasteiger partial charge in [0.05, 0.1) is 11.4 Å². The average Bonchev–Trinajstić information content (AvgIpc) is 2.76. The summed E-state index contributed by atoms with van der Waals surface area (Å²) < 4.78 is 52.8. The number of hydrogen-bond donors (Lipinski definition) is 0. The molecule has 0 radical (unpaired) electrons. The van der Waals surface area contributed by atoms with Gasteiger partial charge in [0.15, 0.2) is 5.16 Å². The van der Waals surface area contributed by atoms with Gasteiger partial charge in [-0.15, -0.1) is 0 Å². The molecule has 0 amide bonds. The van der Waals surface area contributed by atoms with Crippen molar-refractivity contribution in [2.24, 2.45) is 5.16 Å². The number of carbonyl (C=O) groups excluding carboxylic acids is 1. The molecule has 2 aromatic heterocycles. The smallest absolute Gasteiger partial charge is 0.317 e. The topological polar surface area (TPSA) is 77.3 Å². The molecule has 3 rings (SSSR count). The second-order valence-corrected chi connectivity index (χ2v) is 7.03. The van der Waals surface area contributed by atoms with E-state index in [4.69, 9.17) is 4.84 Å². The fourth-order valence-electron chi connectivity index (χ4n) is 2.32. The first-order chi connectivity index (χ1) is 14.7. The highest BCUT2D eigenvalue weighted by atomic mass is 32.2. The van der Waals surface area contributed by atoms with Crippen LogP contribution < -0.4 is 0 Å². The van der Waals surface area contributed by atoms with Crippen LogP contribution in [0.25, 0.3) is 11.3 Å². The molecular weight excluding hydrogens is 436 g/mol. The molecule has 6 nitrogen and oxygen atoms in total. The standard InChI is InChI=1S/C20H14F4N4O2S/c1-12(13-6-8-25-9-7-13)28-30-18(29)11-31-19-26-16(10-17(27-19)20(22,23)24)14-2-4-15(21)5-3-14/h2-10H,11H2,1H3/b28-12+. The normalized spacial score (nSPS) is 12.0. The van der Waals surface area contributed by atoms with Crippen LogP contribution >= 0.6 is 11.8 Å². The van der Waals surface area contributed by atoms with Gasteiger partial charge in [-0.1, -0.05) is 16.9 Å². The third kappa shape index (κ3) is 6.32. The van der Waals surface area contributed by atoms with E-state index < -0.39 is 23.7 Å². The minimum absolute atomic E-state index is 0.0512. The lowest BCUT2D eigenvalue weighted by atomic mass is 10.1. The van der Waals surface area contributed by atoms with Crippen LogP contribution in [-0.2, 0) is 15.8 Å². The molecule has 0 atom stereocenters. The summed E-state index contributed by atoms with van der Waals surface area (Å²) in [5, 5.41) is 3.43. The molecule has 0 aliphatic rings. The van der Waals surface area contributed by atoms with Crippen LogP contribution in [0.2, 0.25) is 0 Å². The molecule has 0 N–H and O–H groups in total. The quantitative estimate of drug-likeness (QED) is 0.135. The maximum absolute atomic E-state index is 13.2. The van der Waals surface area contributed by atoms with Crippen LogP contribution in [0.5, 0.6) is 0 Å². The van der Waals surface area contributed by atoms with Gasteiger partial charge in [-0.25, -0.2) is 19.2 Å². The summed E-state index contributed by atoms with van der Waals surface area (Å²) in [6.45, 7) is 1.63. The number of nitrogens with zero attached hydrogens (tertiary/aromatic N) is 4. The van der Waals surface area contributed by atoms with Gasteiger partial charge in [-0.3, -0.25) is 4.98 Å². The first-order valence-corrected chi connectivity index (χ1v) is 9.71. The Kier molecular flexibility index (Phi) is 6.95. The zero-order valence-electron chi connectivity index (χ0n) is 15.9. The van der Waals surface area contributed by atoms with E-state index in [1.54, 1.807) is 31.5 Å². The zero-order chi connectivity index (χ0) is 22.4. The molecule has 11 heteroatoms. The summed E-state index contributed by atoms with van der Waals surface area (Å²) in [6.07, 6.45) is -1.62. The molecular formula is C20H14F4N4O2S. The predicted molar refractivity (Wildman–Crippen MR) is 106 cm³/mol. The predicted octanol–water partition coefficient (Wildman–Crippen LogP) is 4.76. The number of hydrogen-bond acceptors (Lipinski definition) is 7. The second-order valence-electron chi connectivity index (χ2n) is 6.09. The van der Waals surface area contributed by atoms with Crippen LogP contribution in [0.4, 0.5) is 17.6 Å². The van der Waals surface area contributed by atoms with Crippen LogP contribution in [-0.4, -0.2) is 32.4 Å². The summed E-state index contributed by atoms with van der Waals surface area (Å²) in [5.41, 5.74) is 0.167. The first-order valence-electron chi connectivity index (χ1n) is 8.72. The van der Waals surface area contributed by atoms with E-state index >= 15 is 0 Å². The minimum atomic E-state index is -4.72. The van der Waals surface area contributed by atoms with E-state index in [1.807, 2.05) is 0 Å². The monoisotopic (exact) mass is 450 g/mol. The SMILES string of the molecule is C/C(=N\OC(=O)CSc1nc(-c2ccc(F)cc2)cc(C(F)(F)F)n1)c1ccncc1. The lowest BCUT2D eigenvalue weighted by Gasteiger charge is -2.10. The minimum Gasteiger partial charge on any atom is -0.317 e. The number of aromatic nitrogens is 3. The summed E-state index contributed by atoms with van der Waals surface area (Å²) in [5.74, 6) is -1.69. The van der Waals surface area contributed by atoms with E-state index in [0.717, 1.165) is 18.2 Å². The van der Waals surface area contributed by atoms with Gasteiger partial charge in [0.25, 0.3) is 0 Å². The van der Waals surface area contributed by atoms with Crippen molar-refractivity contribution in [3.8, 4) is 11.3 Å². The number of thioether (sulfide) groups is 1. The van der Waals surface area contributed by atoms with Gasteiger partial charge in [-0.05, 0) is 49.4 Å². The van der Waals surface area contributed by atoms with E-state index in [-0.39, 0.29) is 22.2 Å². The van der Waals surface area contributed by atoms with Gasteiger partial charge >= 0.3 is 12.1 Å². The zero-order valence-corrected chi connectivity index (χ0v) is 16.7. The Morgan fingerprint density at radius 1 is 1.10 bits per heavy atom. The van der Waals surface area contributed by atoms with Crippen molar-refractivity contribution >= 4 is 23.4 Å². The number of alkyl halides is 3. The Bertz CT molecular complexity index is 1090. The fraction of sp³-hybridized carbons (Fsp3) is 0.150.